The number of rotatable bonds is 7. The number of aryl methyl sites for hydroxylation is 1. The lowest BCUT2D eigenvalue weighted by molar-refractivity contribution is 0.102. The van der Waals surface area contributed by atoms with Gasteiger partial charge in [-0.15, -0.1) is 10.2 Å². The number of hydrogen-bond donors (Lipinski definition) is 2. The maximum Gasteiger partial charge on any atom is 0.259 e. The summed E-state index contributed by atoms with van der Waals surface area (Å²) in [5.41, 5.74) is 1.22. The highest BCUT2D eigenvalue weighted by Gasteiger charge is 2.16. The van der Waals surface area contributed by atoms with Gasteiger partial charge < -0.3 is 10.1 Å². The average molecular weight is 396 g/mol. The Labute approximate surface area is 166 Å². The van der Waals surface area contributed by atoms with Gasteiger partial charge in [-0.2, -0.15) is 0 Å². The van der Waals surface area contributed by atoms with Crippen molar-refractivity contribution in [3.63, 3.8) is 0 Å². The number of nitrogens with one attached hydrogen (secondary N) is 2. The maximum absolute atomic E-state index is 12.7. The van der Waals surface area contributed by atoms with Crippen molar-refractivity contribution in [1.82, 2.24) is 10.2 Å². The smallest absolute Gasteiger partial charge is 0.259 e. The number of benzene rings is 2. The van der Waals surface area contributed by atoms with Crippen LogP contribution in [0.3, 0.4) is 0 Å². The van der Waals surface area contributed by atoms with E-state index in [9.17, 15) is 9.59 Å². The van der Waals surface area contributed by atoms with Gasteiger partial charge in [0.05, 0.1) is 18.4 Å². The number of carbonyl (C=O) groups is 2. The molecule has 28 heavy (non-hydrogen) atoms. The lowest BCUT2D eigenvalue weighted by Gasteiger charge is -2.10. The van der Waals surface area contributed by atoms with Crippen molar-refractivity contribution < 1.29 is 14.3 Å². The Morgan fingerprint density at radius 3 is 2.46 bits per heavy atom. The number of aromatic nitrogens is 2. The Hall–Kier alpha value is -3.26. The minimum atomic E-state index is -0.357. The van der Waals surface area contributed by atoms with Crippen molar-refractivity contribution in [2.24, 2.45) is 0 Å². The van der Waals surface area contributed by atoms with Gasteiger partial charge in [0.25, 0.3) is 11.8 Å². The molecule has 0 atom stereocenters. The average Bonchev–Trinajstić information content (AvgIpc) is 3.15. The molecule has 0 aliphatic carbocycles. The number of amides is 2. The zero-order valence-corrected chi connectivity index (χ0v) is 16.4. The summed E-state index contributed by atoms with van der Waals surface area (Å²) in [6.45, 7) is 2.06. The highest BCUT2D eigenvalue weighted by molar-refractivity contribution is 7.15. The van der Waals surface area contributed by atoms with E-state index in [2.05, 4.69) is 27.8 Å². The predicted octanol–water partition coefficient (Wildman–Crippen LogP) is 4.00. The normalized spacial score (nSPS) is 10.4. The minimum Gasteiger partial charge on any atom is -0.497 e. The van der Waals surface area contributed by atoms with Gasteiger partial charge in [0.2, 0.25) is 5.13 Å². The number of anilines is 2. The van der Waals surface area contributed by atoms with Crippen LogP contribution < -0.4 is 15.4 Å². The second kappa shape index (κ2) is 9.09. The Balaban J connectivity index is 1.74. The third-order valence-electron chi connectivity index (χ3n) is 3.92. The monoisotopic (exact) mass is 396 g/mol. The van der Waals surface area contributed by atoms with Crippen molar-refractivity contribution in [2.45, 2.75) is 19.8 Å². The topological polar surface area (TPSA) is 93.2 Å². The van der Waals surface area contributed by atoms with Crippen LogP contribution in [0.15, 0.2) is 48.5 Å². The quantitative estimate of drug-likeness (QED) is 0.629. The molecule has 0 radical (unpaired) electrons. The molecule has 3 rings (SSSR count). The fourth-order valence-electron chi connectivity index (χ4n) is 2.51. The van der Waals surface area contributed by atoms with Gasteiger partial charge in [-0.25, -0.2) is 0 Å². The zero-order valence-electron chi connectivity index (χ0n) is 15.6. The van der Waals surface area contributed by atoms with Crippen molar-refractivity contribution in [2.75, 3.05) is 17.7 Å². The molecule has 0 saturated heterocycles. The van der Waals surface area contributed by atoms with Gasteiger partial charge in [-0.05, 0) is 42.8 Å². The SMILES string of the molecule is CCCc1nnc(NC(=O)c2ccccc2NC(=O)c2ccc(OC)cc2)s1. The molecule has 3 aromatic rings. The summed E-state index contributed by atoms with van der Waals surface area (Å²) in [6.07, 6.45) is 1.78. The number of methoxy groups -OCH3 is 1. The van der Waals surface area contributed by atoms with E-state index in [1.54, 1.807) is 55.6 Å². The van der Waals surface area contributed by atoms with E-state index < -0.39 is 0 Å². The third-order valence-corrected chi connectivity index (χ3v) is 4.82. The third kappa shape index (κ3) is 4.72. The van der Waals surface area contributed by atoms with Gasteiger partial charge in [0.15, 0.2) is 0 Å². The molecule has 0 fully saturated rings. The maximum atomic E-state index is 12.7. The highest BCUT2D eigenvalue weighted by atomic mass is 32.1. The first kappa shape index (κ1) is 19.5. The summed E-state index contributed by atoms with van der Waals surface area (Å²) in [5, 5.41) is 14.9. The molecule has 7 nitrogen and oxygen atoms in total. The molecule has 2 amide bonds. The first-order valence-corrected chi connectivity index (χ1v) is 9.60. The largest absolute Gasteiger partial charge is 0.497 e. The number of para-hydroxylation sites is 1. The van der Waals surface area contributed by atoms with E-state index in [4.69, 9.17) is 4.74 Å². The Kier molecular flexibility index (Phi) is 6.33. The highest BCUT2D eigenvalue weighted by Crippen LogP contribution is 2.21. The second-order valence-corrected chi connectivity index (χ2v) is 7.00. The number of hydrogen-bond acceptors (Lipinski definition) is 6. The molecule has 1 heterocycles. The molecule has 0 bridgehead atoms. The van der Waals surface area contributed by atoms with Crippen LogP contribution in [0.2, 0.25) is 0 Å². The number of ether oxygens (including phenoxy) is 1. The molecule has 0 aliphatic heterocycles. The molecule has 0 aliphatic rings. The van der Waals surface area contributed by atoms with Crippen molar-refractivity contribution in [3.8, 4) is 5.75 Å². The number of carbonyl (C=O) groups excluding carboxylic acids is 2. The van der Waals surface area contributed by atoms with E-state index in [0.717, 1.165) is 17.8 Å². The molecular formula is C20H20N4O3S. The van der Waals surface area contributed by atoms with Crippen LogP contribution >= 0.6 is 11.3 Å². The summed E-state index contributed by atoms with van der Waals surface area (Å²) in [6, 6.07) is 13.5. The summed E-state index contributed by atoms with van der Waals surface area (Å²) in [5.74, 6) is -0.00953. The van der Waals surface area contributed by atoms with Crippen molar-refractivity contribution in [1.29, 1.82) is 0 Å². The van der Waals surface area contributed by atoms with Gasteiger partial charge in [0.1, 0.15) is 10.8 Å². The summed E-state index contributed by atoms with van der Waals surface area (Å²) < 4.78 is 5.10. The van der Waals surface area contributed by atoms with Crippen LogP contribution in [-0.4, -0.2) is 29.1 Å². The summed E-state index contributed by atoms with van der Waals surface area (Å²) in [7, 11) is 1.56. The standard InChI is InChI=1S/C20H20N4O3S/c1-3-6-17-23-24-20(28-17)22-19(26)15-7-4-5-8-16(15)21-18(25)13-9-11-14(27-2)12-10-13/h4-5,7-12H,3,6H2,1-2H3,(H,21,25)(H,22,24,26). The van der Waals surface area contributed by atoms with Gasteiger partial charge >= 0.3 is 0 Å². The van der Waals surface area contributed by atoms with Gasteiger partial charge in [-0.3, -0.25) is 14.9 Å². The Bertz CT molecular complexity index is 970. The van der Waals surface area contributed by atoms with Crippen molar-refractivity contribution in [3.05, 3.63) is 64.7 Å². The van der Waals surface area contributed by atoms with E-state index in [1.165, 1.54) is 11.3 Å². The van der Waals surface area contributed by atoms with E-state index >= 15 is 0 Å². The second-order valence-electron chi connectivity index (χ2n) is 5.93. The Morgan fingerprint density at radius 2 is 1.75 bits per heavy atom. The van der Waals surface area contributed by atoms with Crippen LogP contribution in [0.5, 0.6) is 5.75 Å². The van der Waals surface area contributed by atoms with Gasteiger partial charge in [0, 0.05) is 12.0 Å². The first-order valence-electron chi connectivity index (χ1n) is 8.79. The van der Waals surface area contributed by atoms with Crippen LogP contribution in [0.4, 0.5) is 10.8 Å². The fraction of sp³-hybridized carbons (Fsp3) is 0.200. The zero-order chi connectivity index (χ0) is 19.9. The minimum absolute atomic E-state index is 0.316. The molecule has 144 valence electrons. The number of nitrogens with zero attached hydrogens (tertiary/aromatic N) is 2. The van der Waals surface area contributed by atoms with Crippen LogP contribution in [0, 0.1) is 0 Å². The molecule has 8 heteroatoms. The predicted molar refractivity (Wildman–Crippen MR) is 109 cm³/mol. The van der Waals surface area contributed by atoms with Crippen molar-refractivity contribution >= 4 is 34.0 Å². The Morgan fingerprint density at radius 1 is 1.00 bits per heavy atom. The van der Waals surface area contributed by atoms with Crippen LogP contribution in [-0.2, 0) is 6.42 Å². The first-order chi connectivity index (χ1) is 13.6. The molecule has 2 N–H and O–H groups in total. The van der Waals surface area contributed by atoms with Crippen LogP contribution in [0.1, 0.15) is 39.1 Å². The molecule has 0 spiro atoms. The van der Waals surface area contributed by atoms with E-state index in [0.29, 0.717) is 27.7 Å². The lowest BCUT2D eigenvalue weighted by atomic mass is 10.1. The molecule has 0 saturated carbocycles. The molecule has 1 aromatic heterocycles. The summed E-state index contributed by atoms with van der Waals surface area (Å²) >= 11 is 1.35. The lowest BCUT2D eigenvalue weighted by Crippen LogP contribution is -2.18. The van der Waals surface area contributed by atoms with E-state index in [-0.39, 0.29) is 11.8 Å². The van der Waals surface area contributed by atoms with E-state index in [1.807, 2.05) is 0 Å². The van der Waals surface area contributed by atoms with Crippen LogP contribution in [0.25, 0.3) is 0 Å². The molecule has 2 aromatic carbocycles. The fourth-order valence-corrected chi connectivity index (χ4v) is 3.35. The van der Waals surface area contributed by atoms with Gasteiger partial charge in [-0.1, -0.05) is 30.4 Å². The molecular weight excluding hydrogens is 376 g/mol. The molecule has 0 unspecified atom stereocenters. The summed E-state index contributed by atoms with van der Waals surface area (Å²) in [4.78, 5) is 25.2.